The first-order valence-corrected chi connectivity index (χ1v) is 8.56. The smallest absolute Gasteiger partial charge is 0.399 e. The van der Waals surface area contributed by atoms with E-state index < -0.39 is 28.2 Å². The van der Waals surface area contributed by atoms with Gasteiger partial charge in [0.05, 0.1) is 16.1 Å². The Labute approximate surface area is 125 Å². The molecule has 2 rings (SSSR count). The molecule has 0 unspecified atom stereocenters. The summed E-state index contributed by atoms with van der Waals surface area (Å²) in [5, 5.41) is 0.446. The van der Waals surface area contributed by atoms with Crippen molar-refractivity contribution in [3.05, 3.63) is 23.2 Å². The molecule has 20 heavy (non-hydrogen) atoms. The summed E-state index contributed by atoms with van der Waals surface area (Å²) in [4.78, 5) is 0.181. The van der Waals surface area contributed by atoms with Crippen LogP contribution in [0.1, 0.15) is 27.7 Å². The summed E-state index contributed by atoms with van der Waals surface area (Å²) >= 11 is 5.98. The van der Waals surface area contributed by atoms with Gasteiger partial charge >= 0.3 is 7.12 Å². The Bertz CT molecular complexity index is 624. The van der Waals surface area contributed by atoms with E-state index in [9.17, 15) is 8.42 Å². The topological polar surface area (TPSA) is 52.6 Å². The van der Waals surface area contributed by atoms with Crippen LogP contribution < -0.4 is 5.46 Å². The van der Waals surface area contributed by atoms with Crippen LogP contribution in [0.3, 0.4) is 0 Å². The molecule has 1 saturated heterocycles. The van der Waals surface area contributed by atoms with Gasteiger partial charge in [-0.3, -0.25) is 0 Å². The Morgan fingerprint density at radius 1 is 1.10 bits per heavy atom. The molecule has 1 aromatic carbocycles. The monoisotopic (exact) mass is 316 g/mol. The first-order chi connectivity index (χ1) is 8.94. The van der Waals surface area contributed by atoms with Crippen LogP contribution in [0.15, 0.2) is 23.1 Å². The molecule has 0 amide bonds. The average molecular weight is 317 g/mol. The van der Waals surface area contributed by atoms with Gasteiger partial charge in [0.1, 0.15) is 0 Å². The molecular weight excluding hydrogens is 298 g/mol. The minimum absolute atomic E-state index is 0.181. The minimum atomic E-state index is -3.38. The van der Waals surface area contributed by atoms with Gasteiger partial charge in [-0.05, 0) is 45.9 Å². The molecule has 1 heterocycles. The fourth-order valence-corrected chi connectivity index (χ4v) is 3.09. The number of halogens is 1. The molecule has 0 aliphatic carbocycles. The summed E-state index contributed by atoms with van der Waals surface area (Å²) < 4.78 is 35.6. The Balaban J connectivity index is 2.53. The second kappa shape index (κ2) is 4.73. The van der Waals surface area contributed by atoms with Gasteiger partial charge in [0.25, 0.3) is 0 Å². The summed E-state index contributed by atoms with van der Waals surface area (Å²) in [6.45, 7) is 7.66. The highest BCUT2D eigenvalue weighted by atomic mass is 35.5. The summed E-state index contributed by atoms with van der Waals surface area (Å²) in [7, 11) is -4.13. The zero-order valence-corrected chi connectivity index (χ0v) is 13.8. The predicted molar refractivity (Wildman–Crippen MR) is 80.3 cm³/mol. The van der Waals surface area contributed by atoms with Crippen molar-refractivity contribution in [3.8, 4) is 0 Å². The molecule has 0 atom stereocenters. The van der Waals surface area contributed by atoms with Crippen molar-refractivity contribution in [1.29, 1.82) is 0 Å². The second-order valence-electron chi connectivity index (χ2n) is 6.04. The number of benzene rings is 1. The molecule has 4 nitrogen and oxygen atoms in total. The Kier molecular flexibility index (Phi) is 3.74. The normalized spacial score (nSPS) is 21.2. The quantitative estimate of drug-likeness (QED) is 0.784. The van der Waals surface area contributed by atoms with E-state index in [0.717, 1.165) is 6.26 Å². The number of sulfone groups is 1. The summed E-state index contributed by atoms with van der Waals surface area (Å²) in [5.41, 5.74) is -0.623. The van der Waals surface area contributed by atoms with Crippen LogP contribution in [-0.4, -0.2) is 33.0 Å². The molecule has 0 saturated carbocycles. The van der Waals surface area contributed by atoms with Crippen LogP contribution in [-0.2, 0) is 19.1 Å². The fraction of sp³-hybridized carbons (Fsp3) is 0.538. The maximum absolute atomic E-state index is 11.9. The number of hydrogen-bond acceptors (Lipinski definition) is 4. The highest BCUT2D eigenvalue weighted by molar-refractivity contribution is 7.91. The van der Waals surface area contributed by atoms with Crippen molar-refractivity contribution in [2.45, 2.75) is 43.8 Å². The van der Waals surface area contributed by atoms with Crippen LogP contribution in [0.5, 0.6) is 0 Å². The average Bonchev–Trinajstić information content (AvgIpc) is 2.46. The predicted octanol–water partition coefficient (Wildman–Crippen LogP) is 2.04. The Hall–Kier alpha value is -0.555. The molecule has 7 heteroatoms. The van der Waals surface area contributed by atoms with E-state index in [2.05, 4.69) is 0 Å². The zero-order valence-electron chi connectivity index (χ0n) is 12.2. The molecule has 0 radical (unpaired) electrons. The van der Waals surface area contributed by atoms with Gasteiger partial charge in [-0.1, -0.05) is 11.6 Å². The maximum atomic E-state index is 11.9. The standard InChI is InChI=1S/C13H18BClO4S/c1-12(2)13(3,4)19-14(18-12)10-8-9(15)6-7-11(10)20(5,16)17/h6-8H,1-5H3. The van der Waals surface area contributed by atoms with Gasteiger partial charge in [-0.15, -0.1) is 0 Å². The molecule has 110 valence electrons. The van der Waals surface area contributed by atoms with Crippen molar-refractivity contribution in [2.75, 3.05) is 6.26 Å². The van der Waals surface area contributed by atoms with Crippen LogP contribution >= 0.6 is 11.6 Å². The lowest BCUT2D eigenvalue weighted by atomic mass is 9.79. The number of rotatable bonds is 2. The van der Waals surface area contributed by atoms with Gasteiger partial charge in [0, 0.05) is 16.7 Å². The zero-order chi connectivity index (χ0) is 15.3. The third-order valence-corrected chi connectivity index (χ3v) is 5.28. The van der Waals surface area contributed by atoms with Gasteiger partial charge in [-0.2, -0.15) is 0 Å². The van der Waals surface area contributed by atoms with E-state index in [4.69, 9.17) is 20.9 Å². The highest BCUT2D eigenvalue weighted by Crippen LogP contribution is 2.37. The SMILES string of the molecule is CC1(C)OB(c2cc(Cl)ccc2S(C)(=O)=O)OC1(C)C. The third-order valence-electron chi connectivity index (χ3n) is 3.88. The van der Waals surface area contributed by atoms with E-state index in [0.29, 0.717) is 10.5 Å². The fourth-order valence-electron chi connectivity index (χ4n) is 2.01. The molecule has 1 aliphatic heterocycles. The van der Waals surface area contributed by atoms with Gasteiger partial charge < -0.3 is 9.31 Å². The third kappa shape index (κ3) is 2.75. The number of hydrogen-bond donors (Lipinski definition) is 0. The molecular formula is C13H18BClO4S. The molecule has 1 aliphatic rings. The molecule has 0 bridgehead atoms. The van der Waals surface area contributed by atoms with Crippen molar-refractivity contribution < 1.29 is 17.7 Å². The first-order valence-electron chi connectivity index (χ1n) is 6.29. The molecule has 1 fully saturated rings. The molecule has 0 spiro atoms. The van der Waals surface area contributed by atoms with Gasteiger partial charge in [0.2, 0.25) is 0 Å². The van der Waals surface area contributed by atoms with Crippen molar-refractivity contribution in [1.82, 2.24) is 0 Å². The molecule has 1 aromatic rings. The van der Waals surface area contributed by atoms with Gasteiger partial charge in [-0.25, -0.2) is 8.42 Å². The second-order valence-corrected chi connectivity index (χ2v) is 8.46. The van der Waals surface area contributed by atoms with Crippen molar-refractivity contribution >= 4 is 34.0 Å². The maximum Gasteiger partial charge on any atom is 0.496 e. The van der Waals surface area contributed by atoms with E-state index in [1.165, 1.54) is 6.07 Å². The Morgan fingerprint density at radius 3 is 2.05 bits per heavy atom. The van der Waals surface area contributed by atoms with Crippen molar-refractivity contribution in [2.24, 2.45) is 0 Å². The largest absolute Gasteiger partial charge is 0.496 e. The lowest BCUT2D eigenvalue weighted by Crippen LogP contribution is -2.41. The molecule has 0 aromatic heterocycles. The van der Waals surface area contributed by atoms with E-state index in [1.807, 2.05) is 27.7 Å². The van der Waals surface area contributed by atoms with Gasteiger partial charge in [0.15, 0.2) is 9.84 Å². The van der Waals surface area contributed by atoms with E-state index in [1.54, 1.807) is 12.1 Å². The van der Waals surface area contributed by atoms with Crippen molar-refractivity contribution in [3.63, 3.8) is 0 Å². The summed E-state index contributed by atoms with van der Waals surface area (Å²) in [5.74, 6) is 0. The minimum Gasteiger partial charge on any atom is -0.399 e. The van der Waals surface area contributed by atoms with Crippen LogP contribution in [0.25, 0.3) is 0 Å². The summed E-state index contributed by atoms with van der Waals surface area (Å²) in [6, 6.07) is 4.62. The first kappa shape index (κ1) is 15.8. The summed E-state index contributed by atoms with van der Waals surface area (Å²) in [6.07, 6.45) is 1.16. The van der Waals surface area contributed by atoms with Crippen LogP contribution in [0.2, 0.25) is 5.02 Å². The lowest BCUT2D eigenvalue weighted by molar-refractivity contribution is 0.00578. The Morgan fingerprint density at radius 2 is 1.60 bits per heavy atom. The molecule has 0 N–H and O–H groups in total. The lowest BCUT2D eigenvalue weighted by Gasteiger charge is -2.32. The van der Waals surface area contributed by atoms with Crippen LogP contribution in [0.4, 0.5) is 0 Å². The van der Waals surface area contributed by atoms with Crippen LogP contribution in [0, 0.1) is 0 Å². The van der Waals surface area contributed by atoms with E-state index in [-0.39, 0.29) is 4.90 Å². The highest BCUT2D eigenvalue weighted by Gasteiger charge is 2.52. The van der Waals surface area contributed by atoms with E-state index >= 15 is 0 Å².